The molecule has 2 heterocycles. The molecular formula is C12H12ClN5O. The summed E-state index contributed by atoms with van der Waals surface area (Å²) in [4.78, 5) is 23.9. The summed E-state index contributed by atoms with van der Waals surface area (Å²) in [5.41, 5.74) is 7.38. The van der Waals surface area contributed by atoms with Crippen LogP contribution in [0, 0.1) is 6.92 Å². The number of aryl methyl sites for hydroxylation is 1. The van der Waals surface area contributed by atoms with Gasteiger partial charge in [0.1, 0.15) is 11.0 Å². The molecule has 2 aromatic heterocycles. The van der Waals surface area contributed by atoms with Gasteiger partial charge < -0.3 is 11.1 Å². The highest BCUT2D eigenvalue weighted by atomic mass is 35.5. The van der Waals surface area contributed by atoms with Gasteiger partial charge in [-0.25, -0.2) is 4.98 Å². The van der Waals surface area contributed by atoms with Crippen LogP contribution in [0.1, 0.15) is 21.7 Å². The second-order valence-electron chi connectivity index (χ2n) is 3.94. The third-order valence-electron chi connectivity index (χ3n) is 2.34. The van der Waals surface area contributed by atoms with Crippen LogP contribution in [0.5, 0.6) is 0 Å². The zero-order valence-corrected chi connectivity index (χ0v) is 11.0. The van der Waals surface area contributed by atoms with Crippen LogP contribution < -0.4 is 11.1 Å². The molecule has 0 saturated carbocycles. The highest BCUT2D eigenvalue weighted by molar-refractivity contribution is 6.29. The van der Waals surface area contributed by atoms with Crippen molar-refractivity contribution in [1.82, 2.24) is 20.3 Å². The maximum Gasteiger partial charge on any atom is 0.251 e. The Balaban J connectivity index is 2.03. The Hall–Kier alpha value is -2.21. The number of carbonyl (C=O) groups is 1. The Bertz CT molecular complexity index is 579. The van der Waals surface area contributed by atoms with E-state index in [1.807, 2.05) is 6.92 Å². The number of hydrogen-bond acceptors (Lipinski definition) is 5. The minimum absolute atomic E-state index is 0.181. The quantitative estimate of drug-likeness (QED) is 0.826. The summed E-state index contributed by atoms with van der Waals surface area (Å²) in [6.07, 6.45) is 3.26. The molecule has 0 aliphatic heterocycles. The van der Waals surface area contributed by atoms with Crippen molar-refractivity contribution in [3.63, 3.8) is 0 Å². The summed E-state index contributed by atoms with van der Waals surface area (Å²) in [5, 5.41) is 2.89. The number of nitrogen functional groups attached to an aromatic ring is 1. The molecular weight excluding hydrogens is 266 g/mol. The van der Waals surface area contributed by atoms with Crippen LogP contribution in [-0.2, 0) is 6.54 Å². The number of rotatable bonds is 3. The molecule has 7 heteroatoms. The highest BCUT2D eigenvalue weighted by Gasteiger charge is 2.08. The molecule has 6 nitrogen and oxygen atoms in total. The Labute approximate surface area is 115 Å². The van der Waals surface area contributed by atoms with Gasteiger partial charge in [0.2, 0.25) is 0 Å². The molecule has 0 fully saturated rings. The molecule has 2 aromatic rings. The maximum atomic E-state index is 11.9. The van der Waals surface area contributed by atoms with Gasteiger partial charge >= 0.3 is 0 Å². The van der Waals surface area contributed by atoms with Gasteiger partial charge in [-0.3, -0.25) is 14.8 Å². The van der Waals surface area contributed by atoms with Gasteiger partial charge in [-0.1, -0.05) is 11.6 Å². The van der Waals surface area contributed by atoms with E-state index in [0.717, 1.165) is 5.69 Å². The summed E-state index contributed by atoms with van der Waals surface area (Å²) in [5.74, 6) is -0.0915. The van der Waals surface area contributed by atoms with Crippen molar-refractivity contribution in [2.45, 2.75) is 13.5 Å². The van der Waals surface area contributed by atoms with Crippen molar-refractivity contribution in [1.29, 1.82) is 0 Å². The first kappa shape index (κ1) is 13.2. The van der Waals surface area contributed by atoms with Crippen LogP contribution in [0.25, 0.3) is 0 Å². The molecule has 98 valence electrons. The number of nitrogens with two attached hydrogens (primary N) is 1. The summed E-state index contributed by atoms with van der Waals surface area (Å²) >= 11 is 5.74. The van der Waals surface area contributed by atoms with E-state index in [1.54, 1.807) is 12.4 Å². The van der Waals surface area contributed by atoms with Crippen molar-refractivity contribution < 1.29 is 4.79 Å². The van der Waals surface area contributed by atoms with E-state index in [0.29, 0.717) is 11.3 Å². The number of nitrogens with zero attached hydrogens (tertiary/aromatic N) is 3. The Morgan fingerprint density at radius 3 is 2.79 bits per heavy atom. The molecule has 19 heavy (non-hydrogen) atoms. The van der Waals surface area contributed by atoms with E-state index < -0.39 is 0 Å². The van der Waals surface area contributed by atoms with Gasteiger partial charge in [-0.15, -0.1) is 0 Å². The third-order valence-corrected chi connectivity index (χ3v) is 2.53. The first-order valence-corrected chi connectivity index (χ1v) is 5.91. The number of nitrogens with one attached hydrogen (secondary N) is 1. The summed E-state index contributed by atoms with van der Waals surface area (Å²) < 4.78 is 0. The normalized spacial score (nSPS) is 10.2. The number of anilines is 1. The van der Waals surface area contributed by atoms with Crippen LogP contribution in [-0.4, -0.2) is 20.9 Å². The predicted molar refractivity (Wildman–Crippen MR) is 71.6 cm³/mol. The van der Waals surface area contributed by atoms with Crippen molar-refractivity contribution in [3.8, 4) is 0 Å². The van der Waals surface area contributed by atoms with Gasteiger partial charge in [0.15, 0.2) is 0 Å². The van der Waals surface area contributed by atoms with Crippen LogP contribution in [0.4, 0.5) is 5.82 Å². The van der Waals surface area contributed by atoms with Crippen LogP contribution in [0.2, 0.25) is 5.15 Å². The summed E-state index contributed by atoms with van der Waals surface area (Å²) in [6, 6.07) is 2.91. The third kappa shape index (κ3) is 3.62. The molecule has 0 aliphatic rings. The average Bonchev–Trinajstić information content (AvgIpc) is 2.36. The van der Waals surface area contributed by atoms with Gasteiger partial charge in [-0.2, -0.15) is 0 Å². The number of carbonyl (C=O) groups excluding carboxylic acids is 1. The van der Waals surface area contributed by atoms with Gasteiger partial charge in [0.05, 0.1) is 24.1 Å². The maximum absolute atomic E-state index is 11.9. The molecule has 0 spiro atoms. The molecule has 3 N–H and O–H groups in total. The molecule has 0 saturated heterocycles. The molecule has 0 bridgehead atoms. The lowest BCUT2D eigenvalue weighted by atomic mass is 10.2. The largest absolute Gasteiger partial charge is 0.384 e. The SMILES string of the molecule is Cc1cnc(CNC(=O)c2cc(N)nc(Cl)c2)cn1. The Morgan fingerprint density at radius 2 is 2.16 bits per heavy atom. The van der Waals surface area contributed by atoms with Crippen LogP contribution >= 0.6 is 11.6 Å². The van der Waals surface area contributed by atoms with E-state index in [-0.39, 0.29) is 23.4 Å². The summed E-state index contributed by atoms with van der Waals surface area (Å²) in [7, 11) is 0. The van der Waals surface area contributed by atoms with E-state index in [9.17, 15) is 4.79 Å². The second-order valence-corrected chi connectivity index (χ2v) is 4.32. The Kier molecular flexibility index (Phi) is 3.91. The first-order valence-electron chi connectivity index (χ1n) is 5.53. The van der Waals surface area contributed by atoms with E-state index in [2.05, 4.69) is 20.3 Å². The molecule has 1 amide bonds. The van der Waals surface area contributed by atoms with E-state index in [1.165, 1.54) is 12.1 Å². The van der Waals surface area contributed by atoms with Gasteiger partial charge in [0.25, 0.3) is 5.91 Å². The van der Waals surface area contributed by atoms with E-state index in [4.69, 9.17) is 17.3 Å². The fourth-order valence-corrected chi connectivity index (χ4v) is 1.65. The van der Waals surface area contributed by atoms with Gasteiger partial charge in [0, 0.05) is 11.8 Å². The smallest absolute Gasteiger partial charge is 0.251 e. The van der Waals surface area contributed by atoms with Crippen molar-refractivity contribution in [2.24, 2.45) is 0 Å². The number of hydrogen-bond donors (Lipinski definition) is 2. The highest BCUT2D eigenvalue weighted by Crippen LogP contribution is 2.12. The summed E-state index contributed by atoms with van der Waals surface area (Å²) in [6.45, 7) is 2.13. The molecule has 0 aromatic carbocycles. The minimum Gasteiger partial charge on any atom is -0.384 e. The number of aromatic nitrogens is 3. The lowest BCUT2D eigenvalue weighted by Crippen LogP contribution is -2.23. The van der Waals surface area contributed by atoms with Crippen molar-refractivity contribution in [2.75, 3.05) is 5.73 Å². The standard InChI is InChI=1S/C12H12ClN5O/c1-7-4-16-9(5-15-7)6-17-12(19)8-2-10(13)18-11(14)3-8/h2-5H,6H2,1H3,(H2,14,18)(H,17,19). The molecule has 2 rings (SSSR count). The van der Waals surface area contributed by atoms with Gasteiger partial charge in [-0.05, 0) is 19.1 Å². The molecule has 0 radical (unpaired) electrons. The topological polar surface area (TPSA) is 93.8 Å². The fourth-order valence-electron chi connectivity index (χ4n) is 1.43. The molecule has 0 unspecified atom stereocenters. The zero-order chi connectivity index (χ0) is 13.8. The van der Waals surface area contributed by atoms with Crippen molar-refractivity contribution in [3.05, 3.63) is 46.6 Å². The number of pyridine rings is 1. The van der Waals surface area contributed by atoms with Crippen LogP contribution in [0.3, 0.4) is 0 Å². The Morgan fingerprint density at radius 1 is 1.37 bits per heavy atom. The number of amides is 1. The lowest BCUT2D eigenvalue weighted by Gasteiger charge is -2.05. The molecule has 0 atom stereocenters. The lowest BCUT2D eigenvalue weighted by molar-refractivity contribution is 0.0950. The molecule has 0 aliphatic carbocycles. The van der Waals surface area contributed by atoms with E-state index >= 15 is 0 Å². The number of halogens is 1. The predicted octanol–water partition coefficient (Wildman–Crippen LogP) is 1.35. The average molecular weight is 278 g/mol. The second kappa shape index (κ2) is 5.62. The van der Waals surface area contributed by atoms with Crippen molar-refractivity contribution >= 4 is 23.3 Å². The fraction of sp³-hybridized carbons (Fsp3) is 0.167. The zero-order valence-electron chi connectivity index (χ0n) is 10.2. The van der Waals surface area contributed by atoms with Crippen LogP contribution in [0.15, 0.2) is 24.5 Å². The monoisotopic (exact) mass is 277 g/mol. The minimum atomic E-state index is -0.293. The first-order chi connectivity index (χ1) is 9.04.